The molecule has 0 amide bonds. The average molecular weight is 416 g/mol. The zero-order valence-corrected chi connectivity index (χ0v) is 17.3. The summed E-state index contributed by atoms with van der Waals surface area (Å²) >= 11 is 0. The van der Waals surface area contributed by atoms with Gasteiger partial charge in [0.25, 0.3) is 0 Å². The van der Waals surface area contributed by atoms with Gasteiger partial charge in [0.2, 0.25) is 0 Å². The van der Waals surface area contributed by atoms with Crippen LogP contribution in [0.15, 0.2) is 52.9 Å². The molecule has 2 aromatic rings. The molecule has 0 aliphatic carbocycles. The lowest BCUT2D eigenvalue weighted by Crippen LogP contribution is -2.10. The van der Waals surface area contributed by atoms with E-state index >= 15 is 0 Å². The van der Waals surface area contributed by atoms with Crippen LogP contribution in [0, 0.1) is 0 Å². The maximum atomic E-state index is 12.6. The molecule has 0 aromatic heterocycles. The van der Waals surface area contributed by atoms with E-state index in [-0.39, 0.29) is 17.1 Å². The van der Waals surface area contributed by atoms with E-state index in [2.05, 4.69) is 0 Å². The average Bonchev–Trinajstić information content (AvgIpc) is 2.84. The number of para-hydroxylation sites is 1. The van der Waals surface area contributed by atoms with Gasteiger partial charge in [0.05, 0.1) is 24.4 Å². The highest BCUT2D eigenvalue weighted by Crippen LogP contribution is 2.32. The minimum absolute atomic E-state index is 0.109. The zero-order chi connectivity index (χ0) is 20.9. The molecule has 1 aliphatic heterocycles. The van der Waals surface area contributed by atoms with Crippen molar-refractivity contribution in [2.45, 2.75) is 31.3 Å². The molecule has 29 heavy (non-hydrogen) atoms. The van der Waals surface area contributed by atoms with Crippen LogP contribution in [-0.2, 0) is 30.7 Å². The van der Waals surface area contributed by atoms with Gasteiger partial charge in [0.15, 0.2) is 9.84 Å². The predicted molar refractivity (Wildman–Crippen MR) is 110 cm³/mol. The summed E-state index contributed by atoms with van der Waals surface area (Å²) in [5.41, 5.74) is 1.63. The maximum Gasteiger partial charge on any atom is 0.333 e. The lowest BCUT2D eigenvalue weighted by Gasteiger charge is -2.13. The van der Waals surface area contributed by atoms with Crippen molar-refractivity contribution in [2.24, 2.45) is 0 Å². The Bertz CT molecular complexity index is 1020. The van der Waals surface area contributed by atoms with Crippen LogP contribution >= 0.6 is 0 Å². The second-order valence-electron chi connectivity index (χ2n) is 6.69. The first-order valence-electron chi connectivity index (χ1n) is 9.44. The molecular weight excluding hydrogens is 392 g/mol. The van der Waals surface area contributed by atoms with Crippen molar-refractivity contribution in [3.05, 3.63) is 59.2 Å². The van der Waals surface area contributed by atoms with Crippen molar-refractivity contribution in [3.63, 3.8) is 0 Å². The number of carbonyl (C=O) groups is 1. The van der Waals surface area contributed by atoms with E-state index in [0.29, 0.717) is 35.8 Å². The standard InChI is InChI=1S/C22H24O6S/c1-3-11-27-15-17-6-4-5-7-20(17)28-19-8-9-21-18(14-19)13-16(22(23)26-2)10-12-29(21,24)25/h4-9,13-14H,3,10-12,15H2,1-2H3. The van der Waals surface area contributed by atoms with E-state index in [1.165, 1.54) is 13.2 Å². The van der Waals surface area contributed by atoms with Crippen LogP contribution in [0.2, 0.25) is 0 Å². The van der Waals surface area contributed by atoms with Gasteiger partial charge in [-0.25, -0.2) is 13.2 Å². The molecule has 7 heteroatoms. The number of esters is 1. The van der Waals surface area contributed by atoms with E-state index in [1.807, 2.05) is 31.2 Å². The molecule has 0 bridgehead atoms. The lowest BCUT2D eigenvalue weighted by molar-refractivity contribution is -0.136. The molecule has 0 radical (unpaired) electrons. The molecule has 1 aliphatic rings. The molecular formula is C22H24O6S. The summed E-state index contributed by atoms with van der Waals surface area (Å²) in [6.45, 7) is 3.13. The fourth-order valence-corrected chi connectivity index (χ4v) is 4.53. The minimum atomic E-state index is -3.50. The molecule has 2 aromatic carbocycles. The minimum Gasteiger partial charge on any atom is -0.466 e. The molecule has 0 spiro atoms. The number of rotatable bonds is 7. The van der Waals surface area contributed by atoms with Gasteiger partial charge in [-0.1, -0.05) is 25.1 Å². The van der Waals surface area contributed by atoms with Crippen LogP contribution in [0.5, 0.6) is 11.5 Å². The van der Waals surface area contributed by atoms with Crippen LogP contribution in [0.4, 0.5) is 0 Å². The lowest BCUT2D eigenvalue weighted by atomic mass is 10.1. The monoisotopic (exact) mass is 416 g/mol. The summed E-state index contributed by atoms with van der Waals surface area (Å²) in [5, 5.41) is 0. The van der Waals surface area contributed by atoms with E-state index in [1.54, 1.807) is 18.2 Å². The van der Waals surface area contributed by atoms with Crippen LogP contribution < -0.4 is 4.74 Å². The Labute approximate surface area is 171 Å². The Kier molecular flexibility index (Phi) is 6.71. The van der Waals surface area contributed by atoms with Crippen molar-refractivity contribution < 1.29 is 27.4 Å². The van der Waals surface area contributed by atoms with E-state index < -0.39 is 15.8 Å². The molecule has 3 rings (SSSR count). The van der Waals surface area contributed by atoms with Gasteiger partial charge in [0.1, 0.15) is 11.5 Å². The summed E-state index contributed by atoms with van der Waals surface area (Å²) in [6.07, 6.45) is 2.60. The summed E-state index contributed by atoms with van der Waals surface area (Å²) in [5.74, 6) is 0.442. The van der Waals surface area contributed by atoms with Crippen molar-refractivity contribution >= 4 is 21.9 Å². The Morgan fingerprint density at radius 1 is 1.14 bits per heavy atom. The number of hydrogen-bond donors (Lipinski definition) is 0. The number of carbonyl (C=O) groups excluding carboxylic acids is 1. The van der Waals surface area contributed by atoms with Gasteiger partial charge in [-0.15, -0.1) is 0 Å². The van der Waals surface area contributed by atoms with Crippen molar-refractivity contribution in [2.75, 3.05) is 19.5 Å². The Morgan fingerprint density at radius 2 is 1.93 bits per heavy atom. The van der Waals surface area contributed by atoms with E-state index in [0.717, 1.165) is 12.0 Å². The highest BCUT2D eigenvalue weighted by Gasteiger charge is 2.25. The fraction of sp³-hybridized carbons (Fsp3) is 0.318. The van der Waals surface area contributed by atoms with Crippen molar-refractivity contribution in [1.29, 1.82) is 0 Å². The normalized spacial score (nSPS) is 15.0. The summed E-state index contributed by atoms with van der Waals surface area (Å²) in [4.78, 5) is 12.1. The van der Waals surface area contributed by atoms with Crippen LogP contribution in [0.3, 0.4) is 0 Å². The topological polar surface area (TPSA) is 78.9 Å². The number of sulfone groups is 1. The SMILES string of the molecule is CCCOCc1ccccc1Oc1ccc2c(c1)C=C(C(=O)OC)CCS2(=O)=O. The summed E-state index contributed by atoms with van der Waals surface area (Å²) < 4.78 is 41.6. The van der Waals surface area contributed by atoms with Crippen LogP contribution in [0.25, 0.3) is 6.08 Å². The van der Waals surface area contributed by atoms with Gasteiger partial charge in [-0.05, 0) is 48.7 Å². The zero-order valence-electron chi connectivity index (χ0n) is 16.5. The second kappa shape index (κ2) is 9.24. The Morgan fingerprint density at radius 3 is 2.69 bits per heavy atom. The van der Waals surface area contributed by atoms with E-state index in [9.17, 15) is 13.2 Å². The van der Waals surface area contributed by atoms with Gasteiger partial charge in [0, 0.05) is 17.7 Å². The molecule has 0 fully saturated rings. The highest BCUT2D eigenvalue weighted by molar-refractivity contribution is 7.91. The molecule has 0 unspecified atom stereocenters. The predicted octanol–water partition coefficient (Wildman–Crippen LogP) is 4.14. The molecule has 6 nitrogen and oxygen atoms in total. The number of ether oxygens (including phenoxy) is 3. The third-order valence-corrected chi connectivity index (χ3v) is 6.32. The van der Waals surface area contributed by atoms with Gasteiger partial charge in [-0.2, -0.15) is 0 Å². The second-order valence-corrected chi connectivity index (χ2v) is 8.77. The molecule has 154 valence electrons. The Balaban J connectivity index is 1.94. The third-order valence-electron chi connectivity index (χ3n) is 4.54. The maximum absolute atomic E-state index is 12.6. The first kappa shape index (κ1) is 21.1. The molecule has 0 saturated heterocycles. The van der Waals surface area contributed by atoms with Gasteiger partial charge >= 0.3 is 5.97 Å². The molecule has 0 saturated carbocycles. The number of fused-ring (bicyclic) bond motifs is 1. The third kappa shape index (κ3) is 5.05. The van der Waals surface area contributed by atoms with Crippen LogP contribution in [-0.4, -0.2) is 33.9 Å². The summed E-state index contributed by atoms with van der Waals surface area (Å²) in [6, 6.07) is 12.3. The fourth-order valence-electron chi connectivity index (χ4n) is 3.07. The molecule has 0 N–H and O–H groups in total. The van der Waals surface area contributed by atoms with E-state index in [4.69, 9.17) is 14.2 Å². The largest absolute Gasteiger partial charge is 0.466 e. The first-order valence-corrected chi connectivity index (χ1v) is 11.1. The first-order chi connectivity index (χ1) is 13.9. The smallest absolute Gasteiger partial charge is 0.333 e. The van der Waals surface area contributed by atoms with Crippen molar-refractivity contribution in [3.8, 4) is 11.5 Å². The molecule has 1 heterocycles. The quantitative estimate of drug-likeness (QED) is 0.499. The van der Waals surface area contributed by atoms with Gasteiger partial charge < -0.3 is 14.2 Å². The number of hydrogen-bond acceptors (Lipinski definition) is 6. The Hall–Kier alpha value is -2.64. The van der Waals surface area contributed by atoms with Crippen molar-refractivity contribution in [1.82, 2.24) is 0 Å². The number of benzene rings is 2. The van der Waals surface area contributed by atoms with Gasteiger partial charge in [-0.3, -0.25) is 0 Å². The number of methoxy groups -OCH3 is 1. The van der Waals surface area contributed by atoms with Crippen LogP contribution in [0.1, 0.15) is 30.9 Å². The highest BCUT2D eigenvalue weighted by atomic mass is 32.2. The molecule has 0 atom stereocenters. The summed E-state index contributed by atoms with van der Waals surface area (Å²) in [7, 11) is -2.22.